The molecule has 31 heavy (non-hydrogen) atoms. The molecule has 8 heteroatoms. The number of anilines is 1. The van der Waals surface area contributed by atoms with E-state index in [0.717, 1.165) is 0 Å². The van der Waals surface area contributed by atoms with Gasteiger partial charge in [-0.3, -0.25) is 14.4 Å². The summed E-state index contributed by atoms with van der Waals surface area (Å²) in [6, 6.07) is 16.1. The molecule has 0 unspecified atom stereocenters. The van der Waals surface area contributed by atoms with Crippen LogP contribution in [0.2, 0.25) is 5.02 Å². The molecule has 1 aliphatic carbocycles. The SMILES string of the molecule is O=C(COC(=O)c1ccc2c(c1Cl)C(=O)c1ccccc1C2=O)Nc1ccccc1Br. The molecule has 0 atom stereocenters. The molecule has 154 valence electrons. The summed E-state index contributed by atoms with van der Waals surface area (Å²) < 4.78 is 5.74. The van der Waals surface area contributed by atoms with Crippen LogP contribution in [0.3, 0.4) is 0 Å². The average Bonchev–Trinajstić information content (AvgIpc) is 2.77. The number of hydrogen-bond acceptors (Lipinski definition) is 5. The first-order valence-corrected chi connectivity index (χ1v) is 10.3. The van der Waals surface area contributed by atoms with Crippen LogP contribution in [0.5, 0.6) is 0 Å². The molecule has 1 aliphatic rings. The van der Waals surface area contributed by atoms with Gasteiger partial charge in [0.25, 0.3) is 5.91 Å². The van der Waals surface area contributed by atoms with Crippen molar-refractivity contribution in [3.8, 4) is 0 Å². The molecule has 0 heterocycles. The summed E-state index contributed by atoms with van der Waals surface area (Å²) in [5.41, 5.74) is 1.01. The van der Waals surface area contributed by atoms with Gasteiger partial charge in [0.1, 0.15) is 0 Å². The molecule has 6 nitrogen and oxygen atoms in total. The van der Waals surface area contributed by atoms with E-state index in [0.29, 0.717) is 10.2 Å². The number of fused-ring (bicyclic) bond motifs is 2. The molecule has 0 radical (unpaired) electrons. The maximum Gasteiger partial charge on any atom is 0.340 e. The number of hydrogen-bond donors (Lipinski definition) is 1. The maximum atomic E-state index is 12.9. The Labute approximate surface area is 190 Å². The molecular formula is C23H13BrClNO5. The molecule has 0 spiro atoms. The van der Waals surface area contributed by atoms with E-state index in [2.05, 4.69) is 21.2 Å². The summed E-state index contributed by atoms with van der Waals surface area (Å²) in [6.45, 7) is -0.552. The monoisotopic (exact) mass is 497 g/mol. The van der Waals surface area contributed by atoms with E-state index >= 15 is 0 Å². The van der Waals surface area contributed by atoms with Crippen molar-refractivity contribution in [2.45, 2.75) is 0 Å². The summed E-state index contributed by atoms with van der Waals surface area (Å²) in [7, 11) is 0. The molecule has 0 aliphatic heterocycles. The average molecular weight is 499 g/mol. The predicted molar refractivity (Wildman–Crippen MR) is 118 cm³/mol. The third-order valence-electron chi connectivity index (χ3n) is 4.73. The van der Waals surface area contributed by atoms with Crippen LogP contribution in [-0.4, -0.2) is 30.0 Å². The van der Waals surface area contributed by atoms with Crippen molar-refractivity contribution in [2.24, 2.45) is 0 Å². The van der Waals surface area contributed by atoms with E-state index < -0.39 is 24.3 Å². The number of carbonyl (C=O) groups excluding carboxylic acids is 4. The van der Waals surface area contributed by atoms with Crippen molar-refractivity contribution in [3.63, 3.8) is 0 Å². The summed E-state index contributed by atoms with van der Waals surface area (Å²) in [5, 5.41) is 2.43. The van der Waals surface area contributed by atoms with Gasteiger partial charge < -0.3 is 10.1 Å². The van der Waals surface area contributed by atoms with Crippen LogP contribution in [0, 0.1) is 0 Å². The van der Waals surface area contributed by atoms with E-state index in [4.69, 9.17) is 16.3 Å². The van der Waals surface area contributed by atoms with Gasteiger partial charge in [-0.1, -0.05) is 48.0 Å². The zero-order chi connectivity index (χ0) is 22.1. The number of para-hydroxylation sites is 1. The second-order valence-electron chi connectivity index (χ2n) is 6.66. The molecule has 1 amide bonds. The number of nitrogens with one attached hydrogen (secondary N) is 1. The Morgan fingerprint density at radius 1 is 0.871 bits per heavy atom. The Hall–Kier alpha value is -3.29. The predicted octanol–water partition coefficient (Wildman–Crippen LogP) is 4.67. The van der Waals surface area contributed by atoms with Gasteiger partial charge in [-0.05, 0) is 40.2 Å². The highest BCUT2D eigenvalue weighted by Crippen LogP contribution is 2.34. The molecular weight excluding hydrogens is 486 g/mol. The molecule has 0 saturated heterocycles. The number of esters is 1. The lowest BCUT2D eigenvalue weighted by Crippen LogP contribution is -2.24. The number of ketones is 2. The van der Waals surface area contributed by atoms with Gasteiger partial charge in [0, 0.05) is 21.2 Å². The van der Waals surface area contributed by atoms with Gasteiger partial charge in [0.2, 0.25) is 0 Å². The lowest BCUT2D eigenvalue weighted by Gasteiger charge is -2.19. The Morgan fingerprint density at radius 3 is 2.23 bits per heavy atom. The van der Waals surface area contributed by atoms with E-state index in [9.17, 15) is 19.2 Å². The molecule has 0 saturated carbocycles. The summed E-state index contributed by atoms with van der Waals surface area (Å²) in [5.74, 6) is -2.22. The molecule has 1 N–H and O–H groups in total. The highest BCUT2D eigenvalue weighted by atomic mass is 79.9. The van der Waals surface area contributed by atoms with E-state index in [1.54, 1.807) is 42.5 Å². The van der Waals surface area contributed by atoms with Gasteiger partial charge in [0.15, 0.2) is 18.2 Å². The van der Waals surface area contributed by atoms with Crippen molar-refractivity contribution < 1.29 is 23.9 Å². The number of rotatable bonds is 4. The van der Waals surface area contributed by atoms with E-state index in [-0.39, 0.29) is 38.6 Å². The second-order valence-corrected chi connectivity index (χ2v) is 7.89. The lowest BCUT2D eigenvalue weighted by atomic mass is 9.83. The molecule has 0 aromatic heterocycles. The number of carbonyl (C=O) groups is 4. The third-order valence-corrected chi connectivity index (χ3v) is 5.82. The largest absolute Gasteiger partial charge is 0.452 e. The Bertz CT molecular complexity index is 1270. The molecule has 0 bridgehead atoms. The summed E-state index contributed by atoms with van der Waals surface area (Å²) >= 11 is 9.64. The van der Waals surface area contributed by atoms with Crippen LogP contribution in [0.1, 0.15) is 42.2 Å². The zero-order valence-corrected chi connectivity index (χ0v) is 18.1. The van der Waals surface area contributed by atoms with Crippen molar-refractivity contribution in [1.82, 2.24) is 0 Å². The Kier molecular flexibility index (Phi) is 5.71. The lowest BCUT2D eigenvalue weighted by molar-refractivity contribution is -0.119. The van der Waals surface area contributed by atoms with Gasteiger partial charge in [0.05, 0.1) is 21.8 Å². The van der Waals surface area contributed by atoms with Crippen molar-refractivity contribution in [2.75, 3.05) is 11.9 Å². The first-order valence-electron chi connectivity index (χ1n) is 9.11. The number of benzene rings is 3. The molecule has 0 fully saturated rings. The Morgan fingerprint density at radius 2 is 1.52 bits per heavy atom. The number of halogens is 2. The van der Waals surface area contributed by atoms with Crippen LogP contribution in [0.15, 0.2) is 65.1 Å². The first kappa shape index (κ1) is 21.0. The standard InChI is InChI=1S/C23H13BrClNO5/c24-16-7-3-4-8-17(16)26-18(27)11-31-23(30)15-10-9-14-19(20(15)25)22(29)13-6-2-1-5-12(13)21(14)28/h1-10H,11H2,(H,26,27). The van der Waals surface area contributed by atoms with Crippen molar-refractivity contribution in [3.05, 3.63) is 98.0 Å². The first-order chi connectivity index (χ1) is 14.9. The highest BCUT2D eigenvalue weighted by Gasteiger charge is 2.33. The van der Waals surface area contributed by atoms with Crippen molar-refractivity contribution in [1.29, 1.82) is 0 Å². The number of ether oxygens (including phenoxy) is 1. The zero-order valence-electron chi connectivity index (χ0n) is 15.8. The van der Waals surface area contributed by atoms with Gasteiger partial charge in [-0.2, -0.15) is 0 Å². The van der Waals surface area contributed by atoms with Gasteiger partial charge in [-0.25, -0.2) is 4.79 Å². The fourth-order valence-electron chi connectivity index (χ4n) is 3.26. The fraction of sp³-hybridized carbons (Fsp3) is 0.0435. The van der Waals surface area contributed by atoms with Crippen LogP contribution in [0.25, 0.3) is 0 Å². The second kappa shape index (κ2) is 8.45. The molecule has 4 rings (SSSR count). The van der Waals surface area contributed by atoms with E-state index in [1.807, 2.05) is 0 Å². The Balaban J connectivity index is 1.54. The maximum absolute atomic E-state index is 12.9. The smallest absolute Gasteiger partial charge is 0.340 e. The van der Waals surface area contributed by atoms with Gasteiger partial charge >= 0.3 is 5.97 Å². The topological polar surface area (TPSA) is 89.5 Å². The molecule has 3 aromatic rings. The third kappa shape index (κ3) is 3.89. The molecule has 3 aromatic carbocycles. The fourth-order valence-corrected chi connectivity index (χ4v) is 3.97. The summed E-state index contributed by atoms with van der Waals surface area (Å²) in [4.78, 5) is 50.2. The minimum absolute atomic E-state index is 0.0440. The number of amides is 1. The van der Waals surface area contributed by atoms with Crippen molar-refractivity contribution >= 4 is 56.7 Å². The quantitative estimate of drug-likeness (QED) is 0.413. The minimum atomic E-state index is -0.880. The van der Waals surface area contributed by atoms with Gasteiger partial charge in [-0.15, -0.1) is 0 Å². The van der Waals surface area contributed by atoms with Crippen LogP contribution in [-0.2, 0) is 9.53 Å². The van der Waals surface area contributed by atoms with Crippen LogP contribution >= 0.6 is 27.5 Å². The summed E-state index contributed by atoms with van der Waals surface area (Å²) in [6.07, 6.45) is 0. The van der Waals surface area contributed by atoms with E-state index in [1.165, 1.54) is 18.2 Å². The normalized spacial score (nSPS) is 12.1. The van der Waals surface area contributed by atoms with Crippen LogP contribution in [0.4, 0.5) is 5.69 Å². The minimum Gasteiger partial charge on any atom is -0.452 e. The highest BCUT2D eigenvalue weighted by molar-refractivity contribution is 9.10. The van der Waals surface area contributed by atoms with Crippen LogP contribution < -0.4 is 5.32 Å².